The molecule has 26 heavy (non-hydrogen) atoms. The number of anilines is 2. The monoisotopic (exact) mass is 371 g/mol. The van der Waals surface area contributed by atoms with Gasteiger partial charge in [0.1, 0.15) is 28.8 Å². The molecule has 1 fully saturated rings. The first-order valence-electron chi connectivity index (χ1n) is 8.14. The molecule has 0 saturated carbocycles. The van der Waals surface area contributed by atoms with Gasteiger partial charge in [0.2, 0.25) is 5.88 Å². The molecule has 9 heteroatoms. The number of nitrogens with two attached hydrogens (primary N) is 1. The quantitative estimate of drug-likeness (QED) is 0.708. The average Bonchev–Trinajstić information content (AvgIpc) is 3.25. The highest BCUT2D eigenvalue weighted by atomic mass is 32.1. The smallest absolute Gasteiger partial charge is 0.259 e. The van der Waals surface area contributed by atoms with E-state index in [-0.39, 0.29) is 6.10 Å². The molecule has 1 saturated heterocycles. The van der Waals surface area contributed by atoms with E-state index in [1.165, 1.54) is 17.7 Å². The maximum absolute atomic E-state index is 11.6. The molecule has 3 N–H and O–H groups in total. The first-order chi connectivity index (χ1) is 12.6. The van der Waals surface area contributed by atoms with Gasteiger partial charge in [-0.15, -0.1) is 11.3 Å². The highest BCUT2D eigenvalue weighted by Crippen LogP contribution is 2.35. The van der Waals surface area contributed by atoms with Crippen LogP contribution in [-0.4, -0.2) is 40.2 Å². The summed E-state index contributed by atoms with van der Waals surface area (Å²) in [4.78, 5) is 25.7. The van der Waals surface area contributed by atoms with Gasteiger partial charge in [0.05, 0.1) is 23.5 Å². The number of aromatic nitrogens is 3. The zero-order chi connectivity index (χ0) is 18.1. The summed E-state index contributed by atoms with van der Waals surface area (Å²) >= 11 is 1.26. The van der Waals surface area contributed by atoms with Crippen molar-refractivity contribution in [3.05, 3.63) is 35.1 Å². The molecule has 4 heterocycles. The van der Waals surface area contributed by atoms with Crippen LogP contribution in [0.25, 0.3) is 10.2 Å². The van der Waals surface area contributed by atoms with Crippen molar-refractivity contribution < 1.29 is 14.3 Å². The number of thiophene rings is 1. The molecule has 1 atom stereocenters. The molecule has 3 aromatic heterocycles. The fraction of sp³-hybridized carbons (Fsp3) is 0.294. The molecule has 0 spiro atoms. The van der Waals surface area contributed by atoms with Gasteiger partial charge < -0.3 is 20.5 Å². The summed E-state index contributed by atoms with van der Waals surface area (Å²) < 4.78 is 11.3. The van der Waals surface area contributed by atoms with Crippen molar-refractivity contribution in [2.45, 2.75) is 19.4 Å². The Kier molecular flexibility index (Phi) is 4.39. The Morgan fingerprint density at radius 3 is 3.08 bits per heavy atom. The number of nitrogens with zero attached hydrogens (tertiary/aromatic N) is 3. The SMILES string of the molecule is Cc1c(C(N)=O)sc2ncnc(Nc3cccnc3OC3CCOC3)c12. The van der Waals surface area contributed by atoms with Crippen LogP contribution in [-0.2, 0) is 4.74 Å². The van der Waals surface area contributed by atoms with E-state index in [0.717, 1.165) is 17.4 Å². The summed E-state index contributed by atoms with van der Waals surface area (Å²) in [5.74, 6) is 0.595. The second-order valence-electron chi connectivity index (χ2n) is 5.91. The van der Waals surface area contributed by atoms with Crippen LogP contribution in [0.5, 0.6) is 5.88 Å². The lowest BCUT2D eigenvalue weighted by atomic mass is 10.2. The minimum atomic E-state index is -0.469. The summed E-state index contributed by atoms with van der Waals surface area (Å²) in [6.07, 6.45) is 3.94. The molecule has 8 nitrogen and oxygen atoms in total. The van der Waals surface area contributed by atoms with Crippen LogP contribution in [0.1, 0.15) is 21.7 Å². The van der Waals surface area contributed by atoms with Gasteiger partial charge in [-0.1, -0.05) is 0 Å². The second kappa shape index (κ2) is 6.85. The Balaban J connectivity index is 1.70. The first-order valence-corrected chi connectivity index (χ1v) is 8.95. The summed E-state index contributed by atoms with van der Waals surface area (Å²) in [6, 6.07) is 3.68. The number of fused-ring (bicyclic) bond motifs is 1. The largest absolute Gasteiger partial charge is 0.470 e. The van der Waals surface area contributed by atoms with E-state index in [1.807, 2.05) is 19.1 Å². The van der Waals surface area contributed by atoms with Crippen molar-refractivity contribution in [1.82, 2.24) is 15.0 Å². The van der Waals surface area contributed by atoms with E-state index in [1.54, 1.807) is 6.20 Å². The molecular formula is C17H17N5O3S. The van der Waals surface area contributed by atoms with Gasteiger partial charge in [-0.3, -0.25) is 4.79 Å². The van der Waals surface area contributed by atoms with Gasteiger partial charge in [0.25, 0.3) is 5.91 Å². The van der Waals surface area contributed by atoms with Crippen LogP contribution >= 0.6 is 11.3 Å². The molecular weight excluding hydrogens is 354 g/mol. The lowest BCUT2D eigenvalue weighted by molar-refractivity contribution is 0.100. The van der Waals surface area contributed by atoms with Gasteiger partial charge in [-0.25, -0.2) is 15.0 Å². The number of primary amides is 1. The summed E-state index contributed by atoms with van der Waals surface area (Å²) in [5, 5.41) is 4.03. The molecule has 1 aliphatic heterocycles. The van der Waals surface area contributed by atoms with E-state index < -0.39 is 5.91 Å². The standard InChI is InChI=1S/C17H17N5O3S/c1-9-12-15(20-8-21-17(12)26-13(9)14(18)23)22-11-3-2-5-19-16(11)25-10-4-6-24-7-10/h2-3,5,8,10H,4,6-7H2,1H3,(H2,18,23)(H,20,21,22). The fourth-order valence-corrected chi connectivity index (χ4v) is 3.87. The third-order valence-corrected chi connectivity index (χ3v) is 5.36. The minimum Gasteiger partial charge on any atom is -0.470 e. The Morgan fingerprint density at radius 1 is 1.42 bits per heavy atom. The topological polar surface area (TPSA) is 112 Å². The van der Waals surface area contributed by atoms with E-state index in [0.29, 0.717) is 40.3 Å². The molecule has 1 aliphatic rings. The third-order valence-electron chi connectivity index (χ3n) is 4.14. The van der Waals surface area contributed by atoms with Gasteiger partial charge in [-0.2, -0.15) is 0 Å². The van der Waals surface area contributed by atoms with Crippen LogP contribution in [0.2, 0.25) is 0 Å². The Labute approximate surface area is 153 Å². The molecule has 0 aliphatic carbocycles. The van der Waals surface area contributed by atoms with Crippen molar-refractivity contribution >= 4 is 39.0 Å². The van der Waals surface area contributed by atoms with Crippen molar-refractivity contribution in [2.75, 3.05) is 18.5 Å². The van der Waals surface area contributed by atoms with Crippen molar-refractivity contribution in [2.24, 2.45) is 5.73 Å². The number of carbonyl (C=O) groups is 1. The number of amides is 1. The van der Waals surface area contributed by atoms with Crippen LogP contribution in [0.4, 0.5) is 11.5 Å². The third kappa shape index (κ3) is 3.06. The summed E-state index contributed by atoms with van der Waals surface area (Å²) in [7, 11) is 0. The number of rotatable bonds is 5. The molecule has 1 amide bonds. The summed E-state index contributed by atoms with van der Waals surface area (Å²) in [5.41, 5.74) is 6.90. The van der Waals surface area contributed by atoms with Gasteiger partial charge in [-0.05, 0) is 24.6 Å². The average molecular weight is 371 g/mol. The zero-order valence-electron chi connectivity index (χ0n) is 14.1. The number of pyridine rings is 1. The van der Waals surface area contributed by atoms with Gasteiger partial charge >= 0.3 is 0 Å². The van der Waals surface area contributed by atoms with Crippen LogP contribution in [0.15, 0.2) is 24.7 Å². The highest BCUT2D eigenvalue weighted by molar-refractivity contribution is 7.20. The number of hydrogen-bond acceptors (Lipinski definition) is 8. The normalized spacial score (nSPS) is 16.7. The first kappa shape index (κ1) is 16.7. The minimum absolute atomic E-state index is 0.0137. The Bertz CT molecular complexity index is 968. The highest BCUT2D eigenvalue weighted by Gasteiger charge is 2.21. The van der Waals surface area contributed by atoms with E-state index in [9.17, 15) is 4.79 Å². The molecule has 134 valence electrons. The van der Waals surface area contributed by atoms with E-state index in [2.05, 4.69) is 20.3 Å². The van der Waals surface area contributed by atoms with Gasteiger partial charge in [0.15, 0.2) is 0 Å². The number of aryl methyl sites for hydroxylation is 1. The summed E-state index contributed by atoms with van der Waals surface area (Å²) in [6.45, 7) is 3.08. The van der Waals surface area contributed by atoms with Crippen molar-refractivity contribution in [3.8, 4) is 5.88 Å². The number of nitrogens with one attached hydrogen (secondary N) is 1. The molecule has 0 bridgehead atoms. The zero-order valence-corrected chi connectivity index (χ0v) is 14.9. The second-order valence-corrected chi connectivity index (χ2v) is 6.91. The van der Waals surface area contributed by atoms with Crippen molar-refractivity contribution in [3.63, 3.8) is 0 Å². The number of hydrogen-bond donors (Lipinski definition) is 2. The van der Waals surface area contributed by atoms with Crippen molar-refractivity contribution in [1.29, 1.82) is 0 Å². The number of ether oxygens (including phenoxy) is 2. The van der Waals surface area contributed by atoms with Crippen LogP contribution in [0, 0.1) is 6.92 Å². The lowest BCUT2D eigenvalue weighted by Gasteiger charge is -2.15. The predicted octanol–water partition coefficient (Wildman–Crippen LogP) is 2.40. The molecule has 4 rings (SSSR count). The maximum atomic E-state index is 11.6. The van der Waals surface area contributed by atoms with Crippen LogP contribution < -0.4 is 15.8 Å². The molecule has 1 unspecified atom stereocenters. The predicted molar refractivity (Wildman–Crippen MR) is 98.0 cm³/mol. The molecule has 0 aromatic carbocycles. The Hall–Kier alpha value is -2.78. The molecule has 3 aromatic rings. The van der Waals surface area contributed by atoms with Crippen LogP contribution in [0.3, 0.4) is 0 Å². The fourth-order valence-electron chi connectivity index (χ4n) is 2.87. The maximum Gasteiger partial charge on any atom is 0.259 e. The molecule has 0 radical (unpaired) electrons. The number of carbonyl (C=O) groups excluding carboxylic acids is 1. The van der Waals surface area contributed by atoms with Gasteiger partial charge in [0, 0.05) is 12.6 Å². The van der Waals surface area contributed by atoms with E-state index >= 15 is 0 Å². The lowest BCUT2D eigenvalue weighted by Crippen LogP contribution is -2.17. The Morgan fingerprint density at radius 2 is 2.31 bits per heavy atom. The van der Waals surface area contributed by atoms with E-state index in [4.69, 9.17) is 15.2 Å².